The Balaban J connectivity index is 3.58. The van der Waals surface area contributed by atoms with E-state index in [9.17, 15) is 26.4 Å². The van der Waals surface area contributed by atoms with Gasteiger partial charge in [0.2, 0.25) is 0 Å². The van der Waals surface area contributed by atoms with Crippen LogP contribution in [0.3, 0.4) is 0 Å². The molecule has 0 heterocycles. The van der Waals surface area contributed by atoms with Gasteiger partial charge in [0.15, 0.2) is 5.43 Å². The molecule has 0 aliphatic heterocycles. The molecule has 0 bridgehead atoms. The standard InChI is InChI=1S/C8H5F3O3S/c9-8(10,11)15(13,14)7-5-3-1-2-4-6(7)12/h1-5H. The molecule has 0 amide bonds. The molecule has 15 heavy (non-hydrogen) atoms. The molecule has 0 fully saturated rings. The molecule has 0 saturated carbocycles. The molecule has 3 nitrogen and oxygen atoms in total. The Bertz CT molecular complexity index is 519. The van der Waals surface area contributed by atoms with Crippen LogP contribution in [0, 0.1) is 0 Å². The Morgan fingerprint density at radius 3 is 2.07 bits per heavy atom. The van der Waals surface area contributed by atoms with E-state index < -0.39 is 25.7 Å². The first-order chi connectivity index (χ1) is 6.77. The summed E-state index contributed by atoms with van der Waals surface area (Å²) in [7, 11) is -5.56. The first-order valence-corrected chi connectivity index (χ1v) is 5.16. The summed E-state index contributed by atoms with van der Waals surface area (Å²) in [6.45, 7) is 0. The molecule has 0 saturated heterocycles. The second-order valence-electron chi connectivity index (χ2n) is 2.59. The Morgan fingerprint density at radius 1 is 1.00 bits per heavy atom. The van der Waals surface area contributed by atoms with Gasteiger partial charge in [-0.2, -0.15) is 13.2 Å². The number of rotatable bonds is 1. The third kappa shape index (κ3) is 2.17. The third-order valence-corrected chi connectivity index (χ3v) is 3.08. The van der Waals surface area contributed by atoms with Gasteiger partial charge < -0.3 is 0 Å². The summed E-state index contributed by atoms with van der Waals surface area (Å²) in [6, 6.07) is 4.87. The van der Waals surface area contributed by atoms with Crippen molar-refractivity contribution in [3.05, 3.63) is 40.6 Å². The summed E-state index contributed by atoms with van der Waals surface area (Å²) >= 11 is 0. The predicted octanol–water partition coefficient (Wildman–Crippen LogP) is 1.34. The predicted molar refractivity (Wildman–Crippen MR) is 46.0 cm³/mol. The molecular formula is C8H5F3O3S. The molecule has 1 aromatic rings. The van der Waals surface area contributed by atoms with E-state index in [4.69, 9.17) is 0 Å². The van der Waals surface area contributed by atoms with E-state index >= 15 is 0 Å². The van der Waals surface area contributed by atoms with Gasteiger partial charge in [0.25, 0.3) is 9.84 Å². The van der Waals surface area contributed by atoms with Crippen LogP contribution in [-0.2, 0) is 9.84 Å². The van der Waals surface area contributed by atoms with E-state index in [1.807, 2.05) is 0 Å². The Morgan fingerprint density at radius 2 is 1.53 bits per heavy atom. The molecule has 1 aromatic carbocycles. The fourth-order valence-corrected chi connectivity index (χ4v) is 1.70. The van der Waals surface area contributed by atoms with Crippen LogP contribution in [0.4, 0.5) is 13.2 Å². The maximum atomic E-state index is 12.1. The lowest BCUT2D eigenvalue weighted by molar-refractivity contribution is -0.0436. The lowest BCUT2D eigenvalue weighted by atomic mass is 10.5. The van der Waals surface area contributed by atoms with Crippen LogP contribution < -0.4 is 5.43 Å². The van der Waals surface area contributed by atoms with Gasteiger partial charge in [0.1, 0.15) is 4.90 Å². The minimum atomic E-state index is -5.56. The zero-order valence-electron chi connectivity index (χ0n) is 7.15. The van der Waals surface area contributed by atoms with E-state index in [-0.39, 0.29) is 0 Å². The summed E-state index contributed by atoms with van der Waals surface area (Å²) in [5, 5.41) is 0. The Kier molecular flexibility index (Phi) is 2.85. The van der Waals surface area contributed by atoms with Gasteiger partial charge in [0.05, 0.1) is 0 Å². The van der Waals surface area contributed by atoms with Gasteiger partial charge in [-0.25, -0.2) is 8.42 Å². The maximum absolute atomic E-state index is 12.1. The van der Waals surface area contributed by atoms with Crippen LogP contribution >= 0.6 is 0 Å². The van der Waals surface area contributed by atoms with Crippen molar-refractivity contribution >= 4 is 9.84 Å². The van der Waals surface area contributed by atoms with Crippen LogP contribution in [0.2, 0.25) is 0 Å². The highest BCUT2D eigenvalue weighted by molar-refractivity contribution is 7.92. The molecular weight excluding hydrogens is 233 g/mol. The minimum absolute atomic E-state index is 0.630. The van der Waals surface area contributed by atoms with Crippen LogP contribution in [0.1, 0.15) is 0 Å². The summed E-state index contributed by atoms with van der Waals surface area (Å²) < 4.78 is 58.1. The Hall–Kier alpha value is -1.37. The quantitative estimate of drug-likeness (QED) is 0.741. The second kappa shape index (κ2) is 3.65. The van der Waals surface area contributed by atoms with Crippen molar-refractivity contribution in [2.24, 2.45) is 0 Å². The van der Waals surface area contributed by atoms with Crippen molar-refractivity contribution in [1.29, 1.82) is 0 Å². The number of alkyl halides is 3. The van der Waals surface area contributed by atoms with Crippen molar-refractivity contribution in [3.63, 3.8) is 0 Å². The average Bonchev–Trinajstić information content (AvgIpc) is 2.27. The highest BCUT2D eigenvalue weighted by Gasteiger charge is 2.47. The molecule has 0 aliphatic carbocycles. The normalized spacial score (nSPS) is 12.5. The fraction of sp³-hybridized carbons (Fsp3) is 0.125. The maximum Gasteiger partial charge on any atom is 0.502 e. The molecule has 0 radical (unpaired) electrons. The van der Waals surface area contributed by atoms with Crippen LogP contribution in [-0.4, -0.2) is 13.9 Å². The molecule has 0 spiro atoms. The van der Waals surface area contributed by atoms with Crippen molar-refractivity contribution in [2.45, 2.75) is 10.4 Å². The largest absolute Gasteiger partial charge is 0.502 e. The highest BCUT2D eigenvalue weighted by atomic mass is 32.2. The SMILES string of the molecule is O=c1cccccc1S(=O)(=O)C(F)(F)F. The first kappa shape index (κ1) is 11.7. The van der Waals surface area contributed by atoms with Gasteiger partial charge in [-0.15, -0.1) is 0 Å². The molecule has 0 unspecified atom stereocenters. The smallest absolute Gasteiger partial charge is 0.288 e. The van der Waals surface area contributed by atoms with E-state index in [1.165, 1.54) is 6.07 Å². The molecule has 1 rings (SSSR count). The van der Waals surface area contributed by atoms with Crippen LogP contribution in [0.25, 0.3) is 0 Å². The van der Waals surface area contributed by atoms with Gasteiger partial charge in [0, 0.05) is 0 Å². The lowest BCUT2D eigenvalue weighted by Crippen LogP contribution is -2.27. The number of hydrogen-bond acceptors (Lipinski definition) is 3. The van der Waals surface area contributed by atoms with E-state index in [1.54, 1.807) is 0 Å². The average molecular weight is 238 g/mol. The fourth-order valence-electron chi connectivity index (χ4n) is 0.861. The van der Waals surface area contributed by atoms with E-state index in [0.29, 0.717) is 6.07 Å². The summed E-state index contributed by atoms with van der Waals surface area (Å²) in [5.74, 6) is 0. The molecule has 0 aliphatic rings. The monoisotopic (exact) mass is 238 g/mol. The molecule has 82 valence electrons. The first-order valence-electron chi connectivity index (χ1n) is 3.67. The zero-order valence-corrected chi connectivity index (χ0v) is 7.97. The summed E-state index contributed by atoms with van der Waals surface area (Å²) in [6.07, 6.45) is 0. The van der Waals surface area contributed by atoms with Crippen molar-refractivity contribution in [2.75, 3.05) is 0 Å². The van der Waals surface area contributed by atoms with Gasteiger partial charge in [-0.05, 0) is 12.1 Å². The highest BCUT2D eigenvalue weighted by Crippen LogP contribution is 2.27. The molecule has 0 aromatic heterocycles. The minimum Gasteiger partial charge on any atom is -0.288 e. The number of halogens is 3. The summed E-state index contributed by atoms with van der Waals surface area (Å²) in [4.78, 5) is 9.77. The van der Waals surface area contributed by atoms with Crippen LogP contribution in [0.5, 0.6) is 0 Å². The second-order valence-corrected chi connectivity index (χ2v) is 4.50. The van der Waals surface area contributed by atoms with E-state index in [2.05, 4.69) is 0 Å². The topological polar surface area (TPSA) is 51.2 Å². The van der Waals surface area contributed by atoms with Gasteiger partial charge in [-0.3, -0.25) is 4.79 Å². The number of sulfone groups is 1. The van der Waals surface area contributed by atoms with Crippen molar-refractivity contribution in [3.8, 4) is 0 Å². The molecule has 0 atom stereocenters. The third-order valence-electron chi connectivity index (χ3n) is 1.55. The van der Waals surface area contributed by atoms with E-state index in [0.717, 1.165) is 18.2 Å². The van der Waals surface area contributed by atoms with Crippen LogP contribution in [0.15, 0.2) is 40.0 Å². The molecule has 0 N–H and O–H groups in total. The van der Waals surface area contributed by atoms with Gasteiger partial charge >= 0.3 is 5.51 Å². The van der Waals surface area contributed by atoms with Gasteiger partial charge in [-0.1, -0.05) is 18.2 Å². The van der Waals surface area contributed by atoms with Crippen molar-refractivity contribution in [1.82, 2.24) is 0 Å². The summed E-state index contributed by atoms with van der Waals surface area (Å²) in [5.41, 5.74) is -6.64. The number of hydrogen-bond donors (Lipinski definition) is 0. The van der Waals surface area contributed by atoms with Crippen molar-refractivity contribution < 1.29 is 21.6 Å². The molecule has 7 heteroatoms. The Labute approximate surface area is 83.1 Å². The zero-order chi connectivity index (χ0) is 11.7. The lowest BCUT2D eigenvalue weighted by Gasteiger charge is -2.05.